The molecule has 2 aliphatic heterocycles. The Morgan fingerprint density at radius 2 is 1.83 bits per heavy atom. The number of nitrogens with one attached hydrogen (secondary N) is 2. The molecule has 2 aromatic carbocycles. The van der Waals surface area contributed by atoms with Crippen LogP contribution in [0.2, 0.25) is 0 Å². The monoisotopic (exact) mass is 482 g/mol. The fraction of sp³-hybridized carbons (Fsp3) is 0.250. The lowest BCUT2D eigenvalue weighted by molar-refractivity contribution is -0.144. The highest BCUT2D eigenvalue weighted by Gasteiger charge is 2.40. The molecule has 36 heavy (non-hydrogen) atoms. The summed E-state index contributed by atoms with van der Waals surface area (Å²) in [5, 5.41) is 14.0. The van der Waals surface area contributed by atoms with Crippen LogP contribution in [0.5, 0.6) is 0 Å². The van der Waals surface area contributed by atoms with Crippen LogP contribution in [0.25, 0.3) is 10.9 Å². The molecular weight excluding hydrogens is 456 g/mol. The van der Waals surface area contributed by atoms with Gasteiger partial charge < -0.3 is 20.0 Å². The van der Waals surface area contributed by atoms with Crippen molar-refractivity contribution in [3.05, 3.63) is 100 Å². The fourth-order valence-corrected chi connectivity index (χ4v) is 5.87. The maximum atomic E-state index is 12.7. The molecule has 1 amide bonds. The first kappa shape index (κ1) is 22.3. The molecule has 0 aliphatic carbocycles. The molecule has 3 atom stereocenters. The molecule has 8 heteroatoms. The first-order chi connectivity index (χ1) is 17.5. The van der Waals surface area contributed by atoms with Gasteiger partial charge in [-0.15, -0.1) is 0 Å². The predicted octanol–water partition coefficient (Wildman–Crippen LogP) is 3.83. The molecule has 182 valence electrons. The van der Waals surface area contributed by atoms with Crippen LogP contribution >= 0.6 is 0 Å². The molecule has 0 saturated carbocycles. The zero-order valence-electron chi connectivity index (χ0n) is 19.6. The fourth-order valence-electron chi connectivity index (χ4n) is 5.87. The van der Waals surface area contributed by atoms with Gasteiger partial charge in [0.05, 0.1) is 0 Å². The number of carbonyl (C=O) groups is 2. The van der Waals surface area contributed by atoms with Gasteiger partial charge in [0.25, 0.3) is 11.5 Å². The second-order valence-corrected chi connectivity index (χ2v) is 9.72. The first-order valence-electron chi connectivity index (χ1n) is 12.1. The third kappa shape index (κ3) is 3.89. The van der Waals surface area contributed by atoms with Gasteiger partial charge in [-0.25, -0.2) is 0 Å². The van der Waals surface area contributed by atoms with E-state index in [9.17, 15) is 19.5 Å². The Labute approximate surface area is 207 Å². The molecule has 4 aromatic rings. The Kier molecular flexibility index (Phi) is 5.45. The SMILES string of the molecule is O=C(Nc1ccc2[nH]cc(C(C(=O)O)N3C[C@H]4C[C@@H](C3)c3cccc(=O)n3C4)c2c1)c1ccccc1. The van der Waals surface area contributed by atoms with Crippen LogP contribution in [0.3, 0.4) is 0 Å². The molecule has 0 radical (unpaired) electrons. The average molecular weight is 483 g/mol. The third-order valence-corrected chi connectivity index (χ3v) is 7.41. The van der Waals surface area contributed by atoms with Gasteiger partial charge in [0.1, 0.15) is 6.04 Å². The minimum absolute atomic E-state index is 0.00661. The van der Waals surface area contributed by atoms with E-state index < -0.39 is 12.0 Å². The summed E-state index contributed by atoms with van der Waals surface area (Å²) in [7, 11) is 0. The molecule has 3 N–H and O–H groups in total. The second kappa shape index (κ2) is 8.80. The van der Waals surface area contributed by atoms with Gasteiger partial charge >= 0.3 is 5.97 Å². The van der Waals surface area contributed by atoms with E-state index in [4.69, 9.17) is 0 Å². The molecule has 4 heterocycles. The van der Waals surface area contributed by atoms with Gasteiger partial charge in [-0.1, -0.05) is 24.3 Å². The van der Waals surface area contributed by atoms with E-state index in [0.717, 1.165) is 23.0 Å². The second-order valence-electron chi connectivity index (χ2n) is 9.72. The summed E-state index contributed by atoms with van der Waals surface area (Å²) in [5.41, 5.74) is 3.62. The highest BCUT2D eigenvalue weighted by molar-refractivity contribution is 6.05. The standard InChI is InChI=1S/C28H26N4O4/c33-25-8-4-7-24-19-11-17(15-32(24)25)14-31(16-19)26(28(35)36)22-13-29-23-10-9-20(12-21(22)23)30-27(34)18-5-2-1-3-6-18/h1-10,12-13,17,19,26,29H,11,14-16H2,(H,30,34)(H,35,36)/t17-,19+,26?/m1/s1. The number of hydrogen-bond acceptors (Lipinski definition) is 4. The maximum Gasteiger partial charge on any atom is 0.325 e. The number of amides is 1. The van der Waals surface area contributed by atoms with Crippen LogP contribution in [-0.2, 0) is 11.3 Å². The number of carboxylic acids is 1. The molecule has 8 nitrogen and oxygen atoms in total. The summed E-state index contributed by atoms with van der Waals surface area (Å²) in [6.07, 6.45) is 2.71. The number of piperidine rings is 1. The number of fused-ring (bicyclic) bond motifs is 5. The van der Waals surface area contributed by atoms with Crippen molar-refractivity contribution in [3.8, 4) is 0 Å². The maximum absolute atomic E-state index is 12.7. The summed E-state index contributed by atoms with van der Waals surface area (Å²) in [4.78, 5) is 42.9. The minimum atomic E-state index is -0.917. The number of nitrogens with zero attached hydrogens (tertiary/aromatic N) is 2. The number of H-pyrrole nitrogens is 1. The van der Waals surface area contributed by atoms with Crippen LogP contribution in [0.15, 0.2) is 77.7 Å². The molecule has 1 saturated heterocycles. The van der Waals surface area contributed by atoms with E-state index in [0.29, 0.717) is 36.4 Å². The lowest BCUT2D eigenvalue weighted by Crippen LogP contribution is -2.49. The van der Waals surface area contributed by atoms with Gasteiger partial charge in [0.15, 0.2) is 0 Å². The van der Waals surface area contributed by atoms with Crippen molar-refractivity contribution in [2.45, 2.75) is 24.9 Å². The van der Waals surface area contributed by atoms with Crippen LogP contribution < -0.4 is 10.9 Å². The quantitative estimate of drug-likeness (QED) is 0.401. The summed E-state index contributed by atoms with van der Waals surface area (Å²) < 4.78 is 1.85. The Morgan fingerprint density at radius 3 is 2.64 bits per heavy atom. The van der Waals surface area contributed by atoms with Crippen molar-refractivity contribution in [2.75, 3.05) is 18.4 Å². The largest absolute Gasteiger partial charge is 0.480 e. The van der Waals surface area contributed by atoms with Gasteiger partial charge in [-0.05, 0) is 48.7 Å². The average Bonchev–Trinajstić information content (AvgIpc) is 3.28. The Balaban J connectivity index is 1.32. The lowest BCUT2D eigenvalue weighted by Gasteiger charge is -2.44. The van der Waals surface area contributed by atoms with Crippen LogP contribution in [0.1, 0.15) is 40.0 Å². The van der Waals surface area contributed by atoms with E-state index >= 15 is 0 Å². The summed E-state index contributed by atoms with van der Waals surface area (Å²) in [5.74, 6) is -0.817. The Bertz CT molecular complexity index is 1520. The smallest absolute Gasteiger partial charge is 0.325 e. The molecule has 2 aliphatic rings. The molecule has 2 aromatic heterocycles. The molecule has 1 fully saturated rings. The van der Waals surface area contributed by atoms with Crippen LogP contribution in [0.4, 0.5) is 5.69 Å². The normalized spacial score (nSPS) is 20.0. The zero-order chi connectivity index (χ0) is 24.8. The summed E-state index contributed by atoms with van der Waals surface area (Å²) >= 11 is 0. The van der Waals surface area contributed by atoms with E-state index in [-0.39, 0.29) is 23.3 Å². The molecule has 2 bridgehead atoms. The highest BCUT2D eigenvalue weighted by Crippen LogP contribution is 2.40. The van der Waals surface area contributed by atoms with Gasteiger partial charge in [-0.3, -0.25) is 19.3 Å². The van der Waals surface area contributed by atoms with Crippen molar-refractivity contribution in [3.63, 3.8) is 0 Å². The van der Waals surface area contributed by atoms with Crippen molar-refractivity contribution >= 4 is 28.5 Å². The van der Waals surface area contributed by atoms with Crippen molar-refractivity contribution in [1.29, 1.82) is 0 Å². The van der Waals surface area contributed by atoms with Crippen LogP contribution in [0, 0.1) is 5.92 Å². The number of carbonyl (C=O) groups excluding carboxylic acids is 1. The number of carboxylic acid groups (broad SMARTS) is 1. The molecule has 6 rings (SSSR count). The highest BCUT2D eigenvalue weighted by atomic mass is 16.4. The number of benzene rings is 2. The number of aliphatic carboxylic acids is 1. The lowest BCUT2D eigenvalue weighted by atomic mass is 9.82. The van der Waals surface area contributed by atoms with E-state index in [1.807, 2.05) is 45.9 Å². The zero-order valence-corrected chi connectivity index (χ0v) is 19.6. The molecule has 0 spiro atoms. The number of anilines is 1. The van der Waals surface area contributed by atoms with Crippen molar-refractivity contribution in [1.82, 2.24) is 14.5 Å². The minimum Gasteiger partial charge on any atom is -0.480 e. The van der Waals surface area contributed by atoms with Gasteiger partial charge in [0.2, 0.25) is 0 Å². The predicted molar refractivity (Wildman–Crippen MR) is 136 cm³/mol. The van der Waals surface area contributed by atoms with Crippen molar-refractivity contribution < 1.29 is 14.7 Å². The van der Waals surface area contributed by atoms with Gasteiger partial charge in [-0.2, -0.15) is 0 Å². The van der Waals surface area contributed by atoms with E-state index in [1.165, 1.54) is 0 Å². The van der Waals surface area contributed by atoms with Crippen molar-refractivity contribution in [2.24, 2.45) is 5.92 Å². The summed E-state index contributed by atoms with van der Waals surface area (Å²) in [6, 6.07) is 19.0. The number of rotatable bonds is 5. The van der Waals surface area contributed by atoms with Crippen LogP contribution in [-0.4, -0.2) is 44.5 Å². The number of aromatic amines is 1. The molecular formula is C28H26N4O4. The van der Waals surface area contributed by atoms with Gasteiger partial charge in [0, 0.05) is 71.2 Å². The van der Waals surface area contributed by atoms with E-state index in [2.05, 4.69) is 10.3 Å². The molecule has 1 unspecified atom stereocenters. The topological polar surface area (TPSA) is 107 Å². The number of likely N-dealkylation sites (tertiary alicyclic amines) is 1. The Hall–Kier alpha value is -4.17. The first-order valence-corrected chi connectivity index (χ1v) is 12.1. The number of aromatic nitrogens is 2. The third-order valence-electron chi connectivity index (χ3n) is 7.41. The number of pyridine rings is 1. The number of hydrogen-bond donors (Lipinski definition) is 3. The van der Waals surface area contributed by atoms with E-state index in [1.54, 1.807) is 36.5 Å². The summed E-state index contributed by atoms with van der Waals surface area (Å²) in [6.45, 7) is 1.78. The Morgan fingerprint density at radius 1 is 1.00 bits per heavy atom.